The van der Waals surface area contributed by atoms with E-state index in [0.717, 1.165) is 5.92 Å². The number of aromatic nitrogens is 8. The third-order valence-electron chi connectivity index (χ3n) is 29.4. The molecule has 3 atom stereocenters. The fraction of sp³-hybridized carbons (Fsp3) is 0.778. The van der Waals surface area contributed by atoms with Gasteiger partial charge in [-0.25, -0.2) is 36.5 Å². The van der Waals surface area contributed by atoms with E-state index in [1.807, 2.05) is 41.8 Å². The van der Waals surface area contributed by atoms with Crippen LogP contribution in [0.25, 0.3) is 0 Å². The van der Waals surface area contributed by atoms with E-state index in [-0.39, 0.29) is 79.9 Å². The zero-order chi connectivity index (χ0) is 103. The van der Waals surface area contributed by atoms with Crippen molar-refractivity contribution < 1.29 is 92.1 Å². The first-order valence-electron chi connectivity index (χ1n) is 62.1. The minimum absolute atomic E-state index is 0. The van der Waals surface area contributed by atoms with Crippen LogP contribution in [0.3, 0.4) is 0 Å². The predicted molar refractivity (Wildman–Crippen MR) is 661 cm³/mol. The first-order valence-corrected chi connectivity index (χ1v) is 62.1. The molecule has 4 aromatic rings. The molecule has 872 valence electrons. The zero-order valence-corrected chi connectivity index (χ0v) is 101. The summed E-state index contributed by atoms with van der Waals surface area (Å²) in [5.74, 6) is 44.0. The Labute approximate surface area is 965 Å². The molecule has 0 aliphatic carbocycles. The van der Waals surface area contributed by atoms with E-state index in [9.17, 15) is 0 Å². The largest absolute Gasteiger partial charge is 1.00 e. The molecule has 0 N–H and O–H groups in total. The summed E-state index contributed by atoms with van der Waals surface area (Å²) < 4.78 is 18.0. The topological polar surface area (TPSA) is 35.2 Å². The van der Waals surface area contributed by atoms with E-state index in [4.69, 9.17) is 6.42 Å². The Kier molecular flexibility index (Phi) is 122. The lowest BCUT2D eigenvalue weighted by atomic mass is 9.93. The summed E-state index contributed by atoms with van der Waals surface area (Å²) in [6, 6.07) is 1.47. The van der Waals surface area contributed by atoms with Gasteiger partial charge in [-0.05, 0) is 178 Å². The first-order chi connectivity index (χ1) is 70.5. The van der Waals surface area contributed by atoms with Gasteiger partial charge in [-0.15, -0.1) is 6.42 Å². The summed E-state index contributed by atoms with van der Waals surface area (Å²) in [4.78, 5) is 0. The highest BCUT2D eigenvalue weighted by Crippen LogP contribution is 2.29. The maximum Gasteiger partial charge on any atom is 0.244 e. The van der Waals surface area contributed by atoms with Crippen molar-refractivity contribution in [1.29, 1.82) is 0 Å². The highest BCUT2D eigenvalue weighted by Gasteiger charge is 2.19. The van der Waals surface area contributed by atoms with Crippen molar-refractivity contribution in [3.63, 3.8) is 0 Å². The second kappa shape index (κ2) is 122. The number of rotatable bonds is 94. The van der Waals surface area contributed by atoms with Crippen LogP contribution in [0.5, 0.6) is 0 Å². The number of hydrogen-bond acceptors (Lipinski definition) is 0. The van der Waals surface area contributed by atoms with E-state index in [2.05, 4.69) is 247 Å². The smallest absolute Gasteiger partial charge is 0.244 e. The molecule has 0 spiro atoms. The monoisotopic (exact) mass is 2140 g/mol. The Balaban J connectivity index is -0.0000000848. The molecule has 4 rings (SSSR count). The van der Waals surface area contributed by atoms with Gasteiger partial charge in [-0.1, -0.05) is 549 Å². The number of imidazole rings is 4. The molecule has 0 radical (unpaired) electrons. The van der Waals surface area contributed by atoms with Gasteiger partial charge in [0.05, 0.1) is 34.7 Å². The van der Waals surface area contributed by atoms with Gasteiger partial charge in [-0.2, -0.15) is 0 Å². The van der Waals surface area contributed by atoms with Crippen LogP contribution in [-0.2, 0) is 34.7 Å². The first kappa shape index (κ1) is 147. The minimum Gasteiger partial charge on any atom is -1.00 e. The Bertz CT molecular complexity index is 4040. The number of unbranched alkanes of at least 4 members (excludes halogenated alkanes) is 77. The Hall–Kier alpha value is -5.96. The molecule has 4 heterocycles. The van der Waals surface area contributed by atoms with Gasteiger partial charge < -0.3 is 49.6 Å². The SMILES string of the molecule is C#CC#CC#CC#CC#CC#CC#CC#CC#CC(C)n1cc[n+](C)c1.CCCCCCCCCCCCCCCCC(CCCCCCCCCCCCCCCC)n1cc[n+](C)c1.CCCCCCCCCCCCCCCCCCC(CCCCCCCCCC)n1cc[n+](C)c1.CCCCCCCCCCCCCCCCCCC(CCCCCCCCCCCCCCCCC)Cn1cc[n+](C)c1.[Cl-].[Cl-].[Cl-].[Cl-].[HH].[HH].[HH].[HH].[HH].[HH].[HH].[HH].[HH].[HH].[HH].[HH].[HH].[HH].[HH].[HH].[HH]. The summed E-state index contributed by atoms with van der Waals surface area (Å²) in [5, 5.41) is 0. The molecule has 0 aliphatic heterocycles. The zero-order valence-electron chi connectivity index (χ0n) is 98.0. The van der Waals surface area contributed by atoms with Crippen LogP contribution in [0.2, 0.25) is 0 Å². The molecule has 0 saturated carbocycles. The fourth-order valence-electron chi connectivity index (χ4n) is 20.2. The van der Waals surface area contributed by atoms with Crippen molar-refractivity contribution in [1.82, 2.24) is 18.3 Å². The van der Waals surface area contributed by atoms with Crippen LogP contribution in [0.4, 0.5) is 0 Å². The Morgan fingerprint density at radius 3 is 0.544 bits per heavy atom. The molecule has 0 amide bonds. The Morgan fingerprint density at radius 1 is 0.204 bits per heavy atom. The van der Waals surface area contributed by atoms with Crippen LogP contribution in [0, 0.1) is 113 Å². The van der Waals surface area contributed by atoms with Crippen molar-refractivity contribution in [2.75, 3.05) is 0 Å². The van der Waals surface area contributed by atoms with E-state index >= 15 is 0 Å². The van der Waals surface area contributed by atoms with E-state index < -0.39 is 0 Å². The van der Waals surface area contributed by atoms with Crippen LogP contribution < -0.4 is 67.9 Å². The molecule has 0 saturated heterocycles. The van der Waals surface area contributed by atoms with Gasteiger partial charge in [0.15, 0.2) is 6.04 Å². The quantitative estimate of drug-likeness (QED) is 0.0240. The van der Waals surface area contributed by atoms with Gasteiger partial charge in [0.2, 0.25) is 25.3 Å². The van der Waals surface area contributed by atoms with Crippen LogP contribution >= 0.6 is 0 Å². The van der Waals surface area contributed by atoms with Crippen LogP contribution in [0.1, 0.15) is 662 Å². The molecule has 3 unspecified atom stereocenters. The number of nitrogens with zero attached hydrogens (tertiary/aromatic N) is 8. The number of halogens is 4. The molecular weight excluding hydrogens is 1880 g/mol. The van der Waals surface area contributed by atoms with E-state index in [0.29, 0.717) is 12.1 Å². The molecule has 0 aromatic carbocycles. The Morgan fingerprint density at radius 2 is 0.367 bits per heavy atom. The molecule has 0 bridgehead atoms. The lowest BCUT2D eigenvalue weighted by Gasteiger charge is -2.15. The molecule has 147 heavy (non-hydrogen) atoms. The standard InChI is InChI=1S/C41H81N2.C37H73N2.C33H65N2.C24H11N2.4ClH.17H2/c1-4-6-8-10-12-14-16-18-20-22-24-26-28-30-32-34-36-41(39-43-38-37-42(3)40-43)35-33-31-29-27-25-23-21-19-17-15-13-11-9-7-5-2;1-4-6-8-10-12-14-16-18-20-22-24-26-28-30-32-37(39-35-34-38(3)36-39)33-31-29-27-25-23-21-19-17-15-13-11-9-7-5-2;1-4-6-8-10-12-14-15-16-17-18-19-20-21-23-25-27-29-33(35-31-30-34(3)32-35)28-26-24-22-13-11-9-7-5-2;1-4-5-6-7-8-9-10-11-12-13-14-15-16-17-18-19-20-24(2)26-22-21-25(3)23-26;;;;;;;;;;;;;;;;;;;;;/h37-38,40-41H,4-36,39H2,1-3H3;34-37H,4-33H2,1-3H3;30-33H,4-29H2,1-3H3;1,21-24H,2-3H3;21*1H/q4*+1;;;;;;;;;;;;;;;;;;;;;/p-4. The number of hydrogen-bond donors (Lipinski definition) is 0. The average Bonchev–Trinajstić information content (AvgIpc) is 1.75. The van der Waals surface area contributed by atoms with Crippen molar-refractivity contribution in [2.24, 2.45) is 34.1 Å². The lowest BCUT2D eigenvalue weighted by Crippen LogP contribution is -3.00. The number of aryl methyl sites for hydroxylation is 4. The molecule has 0 fully saturated rings. The summed E-state index contributed by atoms with van der Waals surface area (Å²) in [7, 11) is 8.41. The average molecular weight is 2140 g/mol. The lowest BCUT2D eigenvalue weighted by molar-refractivity contribution is -0.671. The normalized spacial score (nSPS) is 11.0. The maximum atomic E-state index is 4.92. The van der Waals surface area contributed by atoms with E-state index in [1.54, 1.807) is 0 Å². The molecule has 4 aromatic heterocycles. The molecule has 8 nitrogen and oxygen atoms in total. The van der Waals surface area contributed by atoms with Crippen LogP contribution in [0.15, 0.2) is 74.9 Å². The summed E-state index contributed by atoms with van der Waals surface area (Å²) in [6.07, 6.45) is 160. The second-order valence-electron chi connectivity index (χ2n) is 43.3. The highest BCUT2D eigenvalue weighted by atomic mass is 35.5. The predicted octanol–water partition coefficient (Wildman–Crippen LogP) is 30.2. The maximum absolute atomic E-state index is 4.92. The van der Waals surface area contributed by atoms with Crippen LogP contribution in [-0.4, -0.2) is 18.3 Å². The van der Waals surface area contributed by atoms with Gasteiger partial charge in [0.25, 0.3) is 0 Å². The highest BCUT2D eigenvalue weighted by molar-refractivity contribution is 5.46. The fourth-order valence-corrected chi connectivity index (χ4v) is 20.2. The third-order valence-corrected chi connectivity index (χ3v) is 29.4. The molecule has 0 aliphatic rings. The molecule has 12 heteroatoms. The van der Waals surface area contributed by atoms with E-state index in [1.165, 1.54) is 578 Å². The van der Waals surface area contributed by atoms with Crippen molar-refractivity contribution in [3.8, 4) is 107 Å². The van der Waals surface area contributed by atoms with Gasteiger partial charge in [-0.3, -0.25) is 0 Å². The van der Waals surface area contributed by atoms with Crippen molar-refractivity contribution in [3.05, 3.63) is 74.9 Å². The third kappa shape index (κ3) is 105. The summed E-state index contributed by atoms with van der Waals surface area (Å²) in [5.41, 5.74) is 0. The number of terminal acetylenes is 1. The molecular formula is C135H264Cl4N8. The van der Waals surface area contributed by atoms with Gasteiger partial charge >= 0.3 is 0 Å². The minimum atomic E-state index is 0. The summed E-state index contributed by atoms with van der Waals surface area (Å²) in [6.45, 7) is 17.1. The van der Waals surface area contributed by atoms with Gasteiger partial charge in [0, 0.05) is 24.3 Å². The van der Waals surface area contributed by atoms with Crippen molar-refractivity contribution in [2.45, 2.75) is 645 Å². The summed E-state index contributed by atoms with van der Waals surface area (Å²) >= 11 is 0. The second-order valence-corrected chi connectivity index (χ2v) is 43.3. The van der Waals surface area contributed by atoms with Crippen molar-refractivity contribution >= 4 is 0 Å². The van der Waals surface area contributed by atoms with Gasteiger partial charge in [0.1, 0.15) is 61.7 Å².